The van der Waals surface area contributed by atoms with Gasteiger partial charge < -0.3 is 19.2 Å². The minimum Gasteiger partial charge on any atom is -0.493 e. The zero-order valence-electron chi connectivity index (χ0n) is 20.7. The molecular weight excluding hydrogens is 368 g/mol. The molecule has 3 aromatic rings. The Morgan fingerprint density at radius 2 is 2.23 bits per heavy atom. The number of aromatic nitrogens is 3. The molecular formula is C16H15F2N3O4S. The van der Waals surface area contributed by atoms with Crippen LogP contribution >= 0.6 is 0 Å². The number of benzene rings is 1. The highest BCUT2D eigenvalue weighted by molar-refractivity contribution is 7.84. The average Bonchev–Trinajstić information content (AvgIpc) is 3.10. The van der Waals surface area contributed by atoms with E-state index in [2.05, 4.69) is 19.7 Å². The van der Waals surface area contributed by atoms with E-state index in [-0.39, 0.29) is 21.9 Å². The van der Waals surface area contributed by atoms with Crippen LogP contribution < -0.4 is 14.2 Å². The number of hydrogen-bond acceptors (Lipinski definition) is 6. The van der Waals surface area contributed by atoms with Gasteiger partial charge in [-0.05, 0) is 12.1 Å². The molecule has 0 aliphatic rings. The molecule has 26 heavy (non-hydrogen) atoms. The van der Waals surface area contributed by atoms with Crippen LogP contribution in [0.4, 0.5) is 8.78 Å². The summed E-state index contributed by atoms with van der Waals surface area (Å²) in [5, 5.41) is -0.161. The lowest BCUT2D eigenvalue weighted by Crippen LogP contribution is -2.04. The van der Waals surface area contributed by atoms with Gasteiger partial charge in [-0.1, -0.05) is 0 Å². The van der Waals surface area contributed by atoms with Crippen LogP contribution in [0.5, 0.6) is 17.2 Å². The fourth-order valence-electron chi connectivity index (χ4n) is 2.10. The predicted molar refractivity (Wildman–Crippen MR) is 90.2 cm³/mol. The Morgan fingerprint density at radius 1 is 1.38 bits per heavy atom. The van der Waals surface area contributed by atoms with E-state index >= 15 is 0 Å². The summed E-state index contributed by atoms with van der Waals surface area (Å²) in [5.41, 5.74) is 0.0328. The summed E-state index contributed by atoms with van der Waals surface area (Å²) in [6.07, 6.45) is -0.775. The smallest absolute Gasteiger partial charge is 0.387 e. The van der Waals surface area contributed by atoms with Crippen molar-refractivity contribution in [2.75, 3.05) is 14.1 Å². The number of imidazole rings is 1. The Hall–Kier alpha value is -2.75. The fraction of sp³-hybridized carbons (Fsp3) is 0.250. The summed E-state index contributed by atoms with van der Waals surface area (Å²) in [6, 6.07) is 2.92. The molecule has 3 rings (SSSR count). The largest absolute Gasteiger partial charge is 0.493 e. The lowest BCUT2D eigenvalue weighted by Gasteiger charge is -2.10. The van der Waals surface area contributed by atoms with Crippen molar-refractivity contribution in [1.29, 1.82) is 0 Å². The van der Waals surface area contributed by atoms with Crippen molar-refractivity contribution in [3.63, 3.8) is 0 Å². The predicted octanol–water partition coefficient (Wildman–Crippen LogP) is 2.88. The Bertz CT molecular complexity index is 1240. The molecule has 0 saturated carbocycles. The summed E-state index contributed by atoms with van der Waals surface area (Å²) >= 11 is 0. The maximum Gasteiger partial charge on any atom is 0.387 e. The molecule has 0 spiro atoms. The van der Waals surface area contributed by atoms with E-state index in [1.54, 1.807) is 0 Å². The van der Waals surface area contributed by atoms with E-state index in [9.17, 15) is 13.0 Å². The standard InChI is InChI=1S/C16H15F2N3O4S/c1-23-13-5-6-19-12(14(13)24-2)8-26(22)16-20-10-4-3-9(25-15(17)18)7-11(10)21-16/h3-7,15H,8H2,1-2H3,(H,20,21)/i1D3,2D3,5D,6D. The zero-order valence-corrected chi connectivity index (χ0v) is 13.5. The van der Waals surface area contributed by atoms with Gasteiger partial charge in [0.1, 0.15) is 5.75 Å². The maximum atomic E-state index is 12.9. The first-order valence-corrected chi connectivity index (χ1v) is 8.16. The number of hydrogen-bond donors (Lipinski definition) is 1. The van der Waals surface area contributed by atoms with Crippen LogP contribution in [0.1, 0.15) is 16.7 Å². The van der Waals surface area contributed by atoms with Crippen LogP contribution in [-0.4, -0.2) is 39.8 Å². The Morgan fingerprint density at radius 3 is 3.00 bits per heavy atom. The van der Waals surface area contributed by atoms with Crippen molar-refractivity contribution in [3.8, 4) is 17.2 Å². The van der Waals surface area contributed by atoms with Crippen LogP contribution in [0, 0.1) is 0 Å². The molecule has 10 heteroatoms. The van der Waals surface area contributed by atoms with Crippen molar-refractivity contribution < 1.29 is 38.2 Å². The number of ether oxygens (including phenoxy) is 3. The van der Waals surface area contributed by atoms with Crippen molar-refractivity contribution in [2.45, 2.75) is 17.5 Å². The average molecular weight is 391 g/mol. The van der Waals surface area contributed by atoms with Gasteiger partial charge in [-0.15, -0.1) is 0 Å². The van der Waals surface area contributed by atoms with Gasteiger partial charge in [0.15, 0.2) is 16.7 Å². The monoisotopic (exact) mass is 391 g/mol. The van der Waals surface area contributed by atoms with Crippen molar-refractivity contribution >= 4 is 21.8 Å². The van der Waals surface area contributed by atoms with E-state index in [0.717, 1.165) is 0 Å². The molecule has 0 radical (unpaired) electrons. The van der Waals surface area contributed by atoms with Gasteiger partial charge in [0.25, 0.3) is 0 Å². The summed E-state index contributed by atoms with van der Waals surface area (Å²) in [7, 11) is -8.34. The molecule has 0 saturated heterocycles. The number of halogens is 2. The number of H-pyrrole nitrogens is 1. The summed E-state index contributed by atoms with van der Waals surface area (Å²) in [4.78, 5) is 10.4. The molecule has 0 bridgehead atoms. The molecule has 0 fully saturated rings. The second-order valence-electron chi connectivity index (χ2n) is 4.75. The third-order valence-corrected chi connectivity index (χ3v) is 4.33. The van der Waals surface area contributed by atoms with E-state index in [1.165, 1.54) is 18.2 Å². The van der Waals surface area contributed by atoms with Gasteiger partial charge in [0.2, 0.25) is 0 Å². The second-order valence-corrected chi connectivity index (χ2v) is 6.11. The van der Waals surface area contributed by atoms with Gasteiger partial charge >= 0.3 is 6.61 Å². The minimum absolute atomic E-state index is 0.161. The lowest BCUT2D eigenvalue weighted by molar-refractivity contribution is -0.0497. The molecule has 2 heterocycles. The molecule has 1 atom stereocenters. The van der Waals surface area contributed by atoms with Gasteiger partial charge in [0, 0.05) is 18.3 Å². The molecule has 7 nitrogen and oxygen atoms in total. The van der Waals surface area contributed by atoms with Gasteiger partial charge in [-0.2, -0.15) is 8.78 Å². The van der Waals surface area contributed by atoms with E-state index in [0.29, 0.717) is 0 Å². The Balaban J connectivity index is 2.01. The van der Waals surface area contributed by atoms with E-state index in [1.807, 2.05) is 0 Å². The van der Waals surface area contributed by atoms with Crippen LogP contribution in [0.2, 0.25) is 0 Å². The highest BCUT2D eigenvalue weighted by atomic mass is 32.2. The fourth-order valence-corrected chi connectivity index (χ4v) is 3.11. The SMILES string of the molecule is [2H]c1nc(CS(=O)c2nc3ccc(OC(F)F)cc3[nH]2)c(OC([2H])([2H])[2H])c(OC([2H])([2H])[2H])c1[2H]. The van der Waals surface area contributed by atoms with Crippen molar-refractivity contribution in [2.24, 2.45) is 0 Å². The van der Waals surface area contributed by atoms with E-state index < -0.39 is 66.6 Å². The van der Waals surface area contributed by atoms with Crippen LogP contribution in [-0.2, 0) is 16.6 Å². The number of nitrogens with zero attached hydrogens (tertiary/aromatic N) is 2. The topological polar surface area (TPSA) is 86.3 Å². The summed E-state index contributed by atoms with van der Waals surface area (Å²) in [5.74, 6) is -2.44. The number of pyridine rings is 1. The molecule has 1 N–H and O–H groups in total. The van der Waals surface area contributed by atoms with Gasteiger partial charge in [-0.25, -0.2) is 4.98 Å². The molecule has 1 aromatic carbocycles. The number of alkyl halides is 2. The minimum atomic E-state index is -3.12. The second kappa shape index (κ2) is 7.65. The summed E-state index contributed by atoms with van der Waals surface area (Å²) < 4.78 is 111. The molecule has 138 valence electrons. The Kier molecular flexibility index (Phi) is 3.06. The molecule has 0 amide bonds. The number of methoxy groups -OCH3 is 2. The highest BCUT2D eigenvalue weighted by Gasteiger charge is 2.17. The Labute approximate surface area is 161 Å². The van der Waals surface area contributed by atoms with Crippen LogP contribution in [0.25, 0.3) is 11.0 Å². The molecule has 1 unspecified atom stereocenters. The van der Waals surface area contributed by atoms with Gasteiger partial charge in [-0.3, -0.25) is 9.19 Å². The molecule has 0 aliphatic carbocycles. The maximum absolute atomic E-state index is 12.9. The number of nitrogens with one attached hydrogen (secondary N) is 1. The first-order valence-electron chi connectivity index (χ1n) is 10.8. The normalized spacial score (nSPS) is 17.8. The van der Waals surface area contributed by atoms with Crippen LogP contribution in [0.15, 0.2) is 35.6 Å². The van der Waals surface area contributed by atoms with Gasteiger partial charge in [0.05, 0.1) is 58.3 Å². The van der Waals surface area contributed by atoms with Crippen molar-refractivity contribution in [1.82, 2.24) is 15.0 Å². The van der Waals surface area contributed by atoms with E-state index in [4.69, 9.17) is 20.4 Å². The third kappa shape index (κ3) is 3.74. The van der Waals surface area contributed by atoms with Crippen molar-refractivity contribution in [3.05, 3.63) is 36.1 Å². The number of rotatable bonds is 7. The number of fused-ring (bicyclic) bond motifs is 1. The first-order chi connectivity index (χ1) is 15.6. The van der Waals surface area contributed by atoms with Crippen LogP contribution in [0.3, 0.4) is 0 Å². The zero-order chi connectivity index (χ0) is 25.4. The number of aromatic amines is 1. The highest BCUT2D eigenvalue weighted by Crippen LogP contribution is 2.30. The first kappa shape index (κ1) is 10.4. The summed E-state index contributed by atoms with van der Waals surface area (Å²) in [6.45, 7) is -3.05. The third-order valence-electron chi connectivity index (χ3n) is 3.17. The molecule has 0 aliphatic heterocycles. The molecule has 2 aromatic heterocycles. The lowest BCUT2D eigenvalue weighted by atomic mass is 10.3. The quantitative estimate of drug-likeness (QED) is 0.667.